The van der Waals surface area contributed by atoms with Crippen LogP contribution in [0.25, 0.3) is 16.7 Å². The molecule has 1 fully saturated rings. The number of aryl methyl sites for hydroxylation is 1. The Hall–Kier alpha value is -3.33. The molecule has 0 unspecified atom stereocenters. The number of H-pyrrole nitrogens is 1. The Morgan fingerprint density at radius 3 is 3.04 bits per heavy atom. The van der Waals surface area contributed by atoms with E-state index in [9.17, 15) is 0 Å². The van der Waals surface area contributed by atoms with E-state index in [0.29, 0.717) is 25.0 Å². The minimum absolute atomic E-state index is 0.0135. The minimum Gasteiger partial charge on any atom is -0.470 e. The molecule has 0 aliphatic carbocycles. The zero-order valence-electron chi connectivity index (χ0n) is 14.8. The van der Waals surface area contributed by atoms with Crippen molar-refractivity contribution in [3.8, 4) is 11.6 Å². The van der Waals surface area contributed by atoms with Gasteiger partial charge in [-0.05, 0) is 12.1 Å². The highest BCUT2D eigenvalue weighted by atomic mass is 16.5. The summed E-state index contributed by atoms with van der Waals surface area (Å²) in [5.41, 5.74) is 3.42. The average molecular weight is 365 g/mol. The van der Waals surface area contributed by atoms with Gasteiger partial charge in [0.2, 0.25) is 11.8 Å². The van der Waals surface area contributed by atoms with E-state index in [-0.39, 0.29) is 6.10 Å². The standard InChI is InChI=1S/C18H19N7O2/c1-24-10-13(9-20-24)25-6-3-15-16(25)17(27-14-4-7-26-11-14)23-18(22-15)21-12-2-5-19-8-12/h2-3,5-6,8-10,14,19H,4,7,11H2,1H3,(H,21,22,23)/t14-/m0/s1. The summed E-state index contributed by atoms with van der Waals surface area (Å²) in [4.78, 5) is 12.3. The summed E-state index contributed by atoms with van der Waals surface area (Å²) in [6.07, 6.45) is 10.2. The Morgan fingerprint density at radius 1 is 1.33 bits per heavy atom. The number of fused-ring (bicyclic) bond motifs is 1. The number of anilines is 2. The van der Waals surface area contributed by atoms with E-state index < -0.39 is 0 Å². The molecule has 5 heterocycles. The van der Waals surface area contributed by atoms with E-state index >= 15 is 0 Å². The lowest BCUT2D eigenvalue weighted by molar-refractivity contribution is 0.139. The first-order valence-electron chi connectivity index (χ1n) is 8.78. The first kappa shape index (κ1) is 15.9. The van der Waals surface area contributed by atoms with Gasteiger partial charge in [0.1, 0.15) is 11.6 Å². The summed E-state index contributed by atoms with van der Waals surface area (Å²) < 4.78 is 15.4. The topological polar surface area (TPSA) is 94.8 Å². The first-order chi connectivity index (χ1) is 13.3. The molecule has 5 rings (SSSR count). The number of hydrogen-bond acceptors (Lipinski definition) is 6. The zero-order valence-corrected chi connectivity index (χ0v) is 14.8. The second-order valence-corrected chi connectivity index (χ2v) is 6.47. The van der Waals surface area contributed by atoms with E-state index in [1.165, 1.54) is 0 Å². The van der Waals surface area contributed by atoms with E-state index in [1.54, 1.807) is 10.9 Å². The number of hydrogen-bond donors (Lipinski definition) is 2. The summed E-state index contributed by atoms with van der Waals surface area (Å²) in [6, 6.07) is 3.87. The maximum Gasteiger partial charge on any atom is 0.244 e. The van der Waals surface area contributed by atoms with Gasteiger partial charge in [0.25, 0.3) is 0 Å². The molecule has 1 saturated heterocycles. The lowest BCUT2D eigenvalue weighted by Gasteiger charge is -2.14. The predicted octanol–water partition coefficient (Wildman–Crippen LogP) is 2.39. The Bertz CT molecular complexity index is 1060. The zero-order chi connectivity index (χ0) is 18.2. The maximum atomic E-state index is 6.20. The van der Waals surface area contributed by atoms with Crippen LogP contribution >= 0.6 is 0 Å². The Morgan fingerprint density at radius 2 is 2.30 bits per heavy atom. The normalized spacial score (nSPS) is 16.9. The van der Waals surface area contributed by atoms with Crippen LogP contribution in [-0.2, 0) is 11.8 Å². The highest BCUT2D eigenvalue weighted by Gasteiger charge is 2.22. The van der Waals surface area contributed by atoms with Crippen molar-refractivity contribution in [2.24, 2.45) is 7.05 Å². The molecule has 0 amide bonds. The molecule has 9 heteroatoms. The molecule has 4 aromatic rings. The van der Waals surface area contributed by atoms with Crippen molar-refractivity contribution >= 4 is 22.7 Å². The number of aromatic amines is 1. The highest BCUT2D eigenvalue weighted by Crippen LogP contribution is 2.30. The van der Waals surface area contributed by atoms with Crippen LogP contribution in [0.1, 0.15) is 6.42 Å². The molecule has 0 aromatic carbocycles. The Labute approximate surface area is 154 Å². The van der Waals surface area contributed by atoms with Crippen LogP contribution in [0.5, 0.6) is 5.88 Å². The van der Waals surface area contributed by atoms with Gasteiger partial charge in [-0.3, -0.25) is 4.68 Å². The number of ether oxygens (including phenoxy) is 2. The van der Waals surface area contributed by atoms with Crippen molar-refractivity contribution < 1.29 is 9.47 Å². The molecule has 1 aliphatic rings. The SMILES string of the molecule is Cn1cc(-n2ccc3nc(Nc4cc[nH]c4)nc(O[C@H]4CCOC4)c32)cn1. The van der Waals surface area contributed by atoms with Crippen molar-refractivity contribution in [3.63, 3.8) is 0 Å². The number of aromatic nitrogens is 6. The average Bonchev–Trinajstić information content (AvgIpc) is 3.41. The van der Waals surface area contributed by atoms with Gasteiger partial charge in [-0.15, -0.1) is 0 Å². The fourth-order valence-electron chi connectivity index (χ4n) is 3.19. The van der Waals surface area contributed by atoms with Crippen LogP contribution in [0.2, 0.25) is 0 Å². The molecule has 1 atom stereocenters. The molecule has 2 N–H and O–H groups in total. The molecular weight excluding hydrogens is 346 g/mol. The van der Waals surface area contributed by atoms with Crippen LogP contribution in [0.4, 0.5) is 11.6 Å². The third kappa shape index (κ3) is 3.02. The van der Waals surface area contributed by atoms with Crippen LogP contribution in [0, 0.1) is 0 Å². The third-order valence-electron chi connectivity index (χ3n) is 4.49. The number of rotatable bonds is 5. The molecular formula is C18H19N7O2. The first-order valence-corrected chi connectivity index (χ1v) is 8.78. The summed E-state index contributed by atoms with van der Waals surface area (Å²) in [7, 11) is 1.89. The molecule has 138 valence electrons. The van der Waals surface area contributed by atoms with Gasteiger partial charge >= 0.3 is 0 Å². The van der Waals surface area contributed by atoms with Gasteiger partial charge in [0.15, 0.2) is 0 Å². The summed E-state index contributed by atoms with van der Waals surface area (Å²) in [6.45, 7) is 1.27. The van der Waals surface area contributed by atoms with Crippen LogP contribution in [0.3, 0.4) is 0 Å². The fourth-order valence-corrected chi connectivity index (χ4v) is 3.19. The minimum atomic E-state index is -0.0135. The predicted molar refractivity (Wildman–Crippen MR) is 99.6 cm³/mol. The molecule has 9 nitrogen and oxygen atoms in total. The van der Waals surface area contributed by atoms with Crippen molar-refractivity contribution in [2.45, 2.75) is 12.5 Å². The summed E-state index contributed by atoms with van der Waals surface area (Å²) in [5, 5.41) is 7.46. The van der Waals surface area contributed by atoms with E-state index in [0.717, 1.165) is 28.8 Å². The molecule has 27 heavy (non-hydrogen) atoms. The van der Waals surface area contributed by atoms with Crippen molar-refractivity contribution in [2.75, 3.05) is 18.5 Å². The smallest absolute Gasteiger partial charge is 0.244 e. The molecule has 1 aliphatic heterocycles. The second kappa shape index (κ2) is 6.44. The second-order valence-electron chi connectivity index (χ2n) is 6.47. The fraction of sp³-hybridized carbons (Fsp3) is 0.278. The molecule has 0 bridgehead atoms. The van der Waals surface area contributed by atoms with Gasteiger partial charge in [0.05, 0.1) is 36.3 Å². The lowest BCUT2D eigenvalue weighted by Crippen LogP contribution is -2.17. The number of nitrogens with zero attached hydrogens (tertiary/aromatic N) is 5. The quantitative estimate of drug-likeness (QED) is 0.564. The van der Waals surface area contributed by atoms with Gasteiger partial charge in [-0.25, -0.2) is 4.98 Å². The lowest BCUT2D eigenvalue weighted by atomic mass is 10.3. The third-order valence-corrected chi connectivity index (χ3v) is 4.49. The van der Waals surface area contributed by atoms with Crippen LogP contribution in [0.15, 0.2) is 43.1 Å². The molecule has 0 spiro atoms. The monoisotopic (exact) mass is 365 g/mol. The van der Waals surface area contributed by atoms with E-state index in [2.05, 4.69) is 25.4 Å². The maximum absolute atomic E-state index is 6.20. The van der Waals surface area contributed by atoms with Gasteiger partial charge in [-0.2, -0.15) is 10.1 Å². The van der Waals surface area contributed by atoms with Crippen molar-refractivity contribution in [1.29, 1.82) is 0 Å². The van der Waals surface area contributed by atoms with Crippen LogP contribution < -0.4 is 10.1 Å². The van der Waals surface area contributed by atoms with Gasteiger partial charge in [-0.1, -0.05) is 0 Å². The van der Waals surface area contributed by atoms with Crippen molar-refractivity contribution in [1.82, 2.24) is 29.3 Å². The van der Waals surface area contributed by atoms with E-state index in [1.807, 2.05) is 48.5 Å². The number of nitrogens with one attached hydrogen (secondary N) is 2. The van der Waals surface area contributed by atoms with Gasteiger partial charge < -0.3 is 24.3 Å². The molecule has 0 radical (unpaired) electrons. The van der Waals surface area contributed by atoms with E-state index in [4.69, 9.17) is 9.47 Å². The largest absolute Gasteiger partial charge is 0.470 e. The van der Waals surface area contributed by atoms with Crippen LogP contribution in [-0.4, -0.2) is 48.6 Å². The Balaban J connectivity index is 1.61. The Kier molecular flexibility index (Phi) is 3.79. The molecule has 0 saturated carbocycles. The van der Waals surface area contributed by atoms with Gasteiger partial charge in [0, 0.05) is 38.3 Å². The van der Waals surface area contributed by atoms with Crippen molar-refractivity contribution in [3.05, 3.63) is 43.1 Å². The highest BCUT2D eigenvalue weighted by molar-refractivity contribution is 5.84. The molecule has 4 aromatic heterocycles. The summed E-state index contributed by atoms with van der Waals surface area (Å²) >= 11 is 0. The summed E-state index contributed by atoms with van der Waals surface area (Å²) in [5.74, 6) is 1.02.